The maximum Gasteiger partial charge on any atom is 0.182 e. The van der Waals surface area contributed by atoms with Crippen LogP contribution < -0.4 is 5.32 Å². The van der Waals surface area contributed by atoms with Crippen LogP contribution in [0.4, 0.5) is 5.82 Å². The highest BCUT2D eigenvalue weighted by Gasteiger charge is 2.09. The van der Waals surface area contributed by atoms with Gasteiger partial charge in [0.1, 0.15) is 6.07 Å². The second kappa shape index (κ2) is 7.53. The summed E-state index contributed by atoms with van der Waals surface area (Å²) in [7, 11) is 2.12. The standard InChI is InChI=1S/C17H21N5/c1-13(2)22(3)12-15-7-5-4-6-14(15)11-21-17-16(10-18)19-8-9-20-17/h4-9,13H,11-12H2,1-3H3,(H,20,21). The summed E-state index contributed by atoms with van der Waals surface area (Å²) >= 11 is 0. The lowest BCUT2D eigenvalue weighted by molar-refractivity contribution is 0.265. The van der Waals surface area contributed by atoms with Crippen molar-refractivity contribution in [2.75, 3.05) is 12.4 Å². The third-order valence-electron chi connectivity index (χ3n) is 3.67. The van der Waals surface area contributed by atoms with E-state index in [-0.39, 0.29) is 0 Å². The Morgan fingerprint density at radius 2 is 1.86 bits per heavy atom. The summed E-state index contributed by atoms with van der Waals surface area (Å²) in [4.78, 5) is 10.5. The number of aromatic nitrogens is 2. The molecule has 0 aliphatic carbocycles. The van der Waals surface area contributed by atoms with Gasteiger partial charge in [0.15, 0.2) is 11.5 Å². The highest BCUT2D eigenvalue weighted by atomic mass is 15.1. The molecule has 1 aromatic heterocycles. The fourth-order valence-electron chi connectivity index (χ4n) is 2.06. The topological polar surface area (TPSA) is 64.8 Å². The molecule has 1 heterocycles. The summed E-state index contributed by atoms with van der Waals surface area (Å²) in [5.41, 5.74) is 2.79. The van der Waals surface area contributed by atoms with Crippen molar-refractivity contribution in [3.8, 4) is 6.07 Å². The minimum Gasteiger partial charge on any atom is -0.364 e. The van der Waals surface area contributed by atoms with Gasteiger partial charge in [0.05, 0.1) is 0 Å². The first-order valence-corrected chi connectivity index (χ1v) is 7.33. The Morgan fingerprint density at radius 1 is 1.18 bits per heavy atom. The number of hydrogen-bond donors (Lipinski definition) is 1. The summed E-state index contributed by atoms with van der Waals surface area (Å²) in [6.07, 6.45) is 3.11. The molecule has 1 N–H and O–H groups in total. The normalized spacial score (nSPS) is 10.7. The number of benzene rings is 1. The van der Waals surface area contributed by atoms with Crippen LogP contribution in [-0.2, 0) is 13.1 Å². The van der Waals surface area contributed by atoms with E-state index >= 15 is 0 Å². The maximum atomic E-state index is 9.05. The summed E-state index contributed by atoms with van der Waals surface area (Å²) in [6.45, 7) is 5.87. The molecule has 22 heavy (non-hydrogen) atoms. The zero-order chi connectivity index (χ0) is 15.9. The van der Waals surface area contributed by atoms with Crippen molar-refractivity contribution >= 4 is 5.82 Å². The van der Waals surface area contributed by atoms with Gasteiger partial charge >= 0.3 is 0 Å². The number of hydrogen-bond acceptors (Lipinski definition) is 5. The van der Waals surface area contributed by atoms with Crippen LogP contribution in [0.3, 0.4) is 0 Å². The largest absolute Gasteiger partial charge is 0.364 e. The molecule has 5 heteroatoms. The average Bonchev–Trinajstić information content (AvgIpc) is 2.54. The van der Waals surface area contributed by atoms with Crippen molar-refractivity contribution in [3.63, 3.8) is 0 Å². The van der Waals surface area contributed by atoms with Crippen LogP contribution in [-0.4, -0.2) is 28.0 Å². The minimum absolute atomic E-state index is 0.319. The first-order valence-electron chi connectivity index (χ1n) is 7.33. The van der Waals surface area contributed by atoms with Crippen LogP contribution in [0.15, 0.2) is 36.7 Å². The van der Waals surface area contributed by atoms with Crippen LogP contribution >= 0.6 is 0 Å². The van der Waals surface area contributed by atoms with Crippen molar-refractivity contribution < 1.29 is 0 Å². The van der Waals surface area contributed by atoms with Crippen molar-refractivity contribution in [1.82, 2.24) is 14.9 Å². The third kappa shape index (κ3) is 4.03. The van der Waals surface area contributed by atoms with Gasteiger partial charge in [-0.1, -0.05) is 24.3 Å². The van der Waals surface area contributed by atoms with E-state index in [2.05, 4.69) is 59.3 Å². The number of anilines is 1. The molecule has 0 saturated heterocycles. The molecule has 0 aliphatic heterocycles. The Kier molecular flexibility index (Phi) is 5.45. The lowest BCUT2D eigenvalue weighted by Gasteiger charge is -2.22. The van der Waals surface area contributed by atoms with Crippen LogP contribution in [0, 0.1) is 11.3 Å². The van der Waals surface area contributed by atoms with E-state index < -0.39 is 0 Å². The maximum absolute atomic E-state index is 9.05. The van der Waals surface area contributed by atoms with Gasteiger partial charge in [-0.3, -0.25) is 4.90 Å². The lowest BCUT2D eigenvalue weighted by atomic mass is 10.1. The van der Waals surface area contributed by atoms with E-state index in [1.165, 1.54) is 17.3 Å². The molecule has 0 fully saturated rings. The number of nitrogens with one attached hydrogen (secondary N) is 1. The van der Waals surface area contributed by atoms with Gasteiger partial charge in [-0.05, 0) is 32.0 Å². The summed E-state index contributed by atoms with van der Waals surface area (Å²) < 4.78 is 0. The zero-order valence-corrected chi connectivity index (χ0v) is 13.2. The molecule has 2 aromatic rings. The SMILES string of the molecule is CC(C)N(C)Cc1ccccc1CNc1nccnc1C#N. The Morgan fingerprint density at radius 3 is 2.55 bits per heavy atom. The summed E-state index contributed by atoms with van der Waals surface area (Å²) in [5.74, 6) is 0.525. The first-order chi connectivity index (χ1) is 10.6. The van der Waals surface area contributed by atoms with Gasteiger partial charge in [0.2, 0.25) is 0 Å². The Labute approximate surface area is 131 Å². The summed E-state index contributed by atoms with van der Waals surface area (Å²) in [5, 5.41) is 12.3. The van der Waals surface area contributed by atoms with Gasteiger partial charge in [-0.25, -0.2) is 9.97 Å². The number of rotatable bonds is 6. The van der Waals surface area contributed by atoms with E-state index in [1.807, 2.05) is 12.1 Å². The quantitative estimate of drug-likeness (QED) is 0.887. The molecular formula is C17H21N5. The number of nitriles is 1. The predicted molar refractivity (Wildman–Crippen MR) is 87.1 cm³/mol. The van der Waals surface area contributed by atoms with E-state index in [0.29, 0.717) is 24.1 Å². The fraction of sp³-hybridized carbons (Fsp3) is 0.353. The van der Waals surface area contributed by atoms with Gasteiger partial charge < -0.3 is 5.32 Å². The van der Waals surface area contributed by atoms with Crippen molar-refractivity contribution in [1.29, 1.82) is 5.26 Å². The van der Waals surface area contributed by atoms with Crippen LogP contribution in [0.1, 0.15) is 30.7 Å². The van der Waals surface area contributed by atoms with E-state index in [4.69, 9.17) is 5.26 Å². The Balaban J connectivity index is 2.12. The smallest absolute Gasteiger partial charge is 0.182 e. The van der Waals surface area contributed by atoms with Crippen molar-refractivity contribution in [3.05, 3.63) is 53.5 Å². The molecule has 5 nitrogen and oxygen atoms in total. The average molecular weight is 295 g/mol. The van der Waals surface area contributed by atoms with Gasteiger partial charge in [-0.2, -0.15) is 5.26 Å². The molecule has 0 atom stereocenters. The molecule has 0 amide bonds. The molecule has 2 rings (SSSR count). The molecule has 0 saturated carbocycles. The van der Waals surface area contributed by atoms with Gasteiger partial charge in [-0.15, -0.1) is 0 Å². The molecule has 0 bridgehead atoms. The Bertz CT molecular complexity index is 660. The zero-order valence-electron chi connectivity index (χ0n) is 13.2. The van der Waals surface area contributed by atoms with E-state index in [1.54, 1.807) is 6.20 Å². The van der Waals surface area contributed by atoms with E-state index in [9.17, 15) is 0 Å². The van der Waals surface area contributed by atoms with Gasteiger partial charge in [0.25, 0.3) is 0 Å². The monoisotopic (exact) mass is 295 g/mol. The molecular weight excluding hydrogens is 274 g/mol. The second-order valence-corrected chi connectivity index (χ2v) is 5.50. The van der Waals surface area contributed by atoms with E-state index in [0.717, 1.165) is 6.54 Å². The van der Waals surface area contributed by atoms with Crippen molar-refractivity contribution in [2.24, 2.45) is 0 Å². The van der Waals surface area contributed by atoms with Crippen LogP contribution in [0.5, 0.6) is 0 Å². The fourth-order valence-corrected chi connectivity index (χ4v) is 2.06. The molecule has 0 spiro atoms. The highest BCUT2D eigenvalue weighted by Crippen LogP contribution is 2.15. The number of nitrogens with zero attached hydrogens (tertiary/aromatic N) is 4. The second-order valence-electron chi connectivity index (χ2n) is 5.50. The Hall–Kier alpha value is -2.45. The predicted octanol–water partition coefficient (Wildman–Crippen LogP) is 2.80. The first kappa shape index (κ1) is 15.9. The molecule has 114 valence electrons. The van der Waals surface area contributed by atoms with Crippen LogP contribution in [0.25, 0.3) is 0 Å². The van der Waals surface area contributed by atoms with Gasteiger partial charge in [0, 0.05) is 31.5 Å². The summed E-state index contributed by atoms with van der Waals surface area (Å²) in [6, 6.07) is 10.9. The molecule has 0 unspecified atom stereocenters. The molecule has 1 aromatic carbocycles. The molecule has 0 aliphatic rings. The minimum atomic E-state index is 0.319. The lowest BCUT2D eigenvalue weighted by Crippen LogP contribution is -2.26. The highest BCUT2D eigenvalue weighted by molar-refractivity contribution is 5.47. The molecule has 0 radical (unpaired) electrons. The van der Waals surface area contributed by atoms with Crippen molar-refractivity contribution in [2.45, 2.75) is 33.0 Å². The third-order valence-corrected chi connectivity index (χ3v) is 3.67. The van der Waals surface area contributed by atoms with Crippen LogP contribution in [0.2, 0.25) is 0 Å².